The van der Waals surface area contributed by atoms with Crippen LogP contribution in [0.5, 0.6) is 0 Å². The number of hydrogen-bond donors (Lipinski definition) is 1. The van der Waals surface area contributed by atoms with Crippen LogP contribution in [0.25, 0.3) is 0 Å². The quantitative estimate of drug-likeness (QED) is 0.883. The van der Waals surface area contributed by atoms with Gasteiger partial charge < -0.3 is 10.6 Å². The van der Waals surface area contributed by atoms with Crippen LogP contribution in [0.4, 0.5) is 10.1 Å². The molecule has 0 saturated carbocycles. The molecule has 1 atom stereocenters. The molecular formula is C14H16BrFN2S. The summed E-state index contributed by atoms with van der Waals surface area (Å²) >= 11 is 5.17. The summed E-state index contributed by atoms with van der Waals surface area (Å²) in [6.07, 6.45) is 0. The number of likely N-dealkylation sites (N-methyl/N-ethyl adjacent to an activating group) is 1. The Balaban J connectivity index is 2.40. The molecule has 5 heteroatoms. The van der Waals surface area contributed by atoms with Crippen molar-refractivity contribution in [1.29, 1.82) is 0 Å². The maximum atomic E-state index is 14.0. The number of nitrogens with two attached hydrogens (primary N) is 1. The first-order valence-corrected chi connectivity index (χ1v) is 7.80. The predicted octanol–water partition coefficient (Wildman–Crippen LogP) is 4.18. The average molecular weight is 343 g/mol. The topological polar surface area (TPSA) is 29.3 Å². The van der Waals surface area contributed by atoms with Gasteiger partial charge in [-0.2, -0.15) is 0 Å². The highest BCUT2D eigenvalue weighted by Crippen LogP contribution is 2.35. The molecule has 0 aliphatic rings. The molecule has 102 valence electrons. The van der Waals surface area contributed by atoms with E-state index in [1.165, 1.54) is 6.07 Å². The molecule has 0 fully saturated rings. The summed E-state index contributed by atoms with van der Waals surface area (Å²) in [6.45, 7) is 3.16. The largest absolute Gasteiger partial charge is 0.360 e. The van der Waals surface area contributed by atoms with E-state index in [4.69, 9.17) is 5.73 Å². The Labute approximate surface area is 125 Å². The van der Waals surface area contributed by atoms with Gasteiger partial charge in [0.15, 0.2) is 0 Å². The number of hydrogen-bond acceptors (Lipinski definition) is 3. The molecule has 2 nitrogen and oxygen atoms in total. The van der Waals surface area contributed by atoms with Gasteiger partial charge in [0.05, 0.1) is 11.7 Å². The number of anilines is 1. The summed E-state index contributed by atoms with van der Waals surface area (Å²) in [7, 11) is 0. The van der Waals surface area contributed by atoms with E-state index in [9.17, 15) is 4.39 Å². The number of benzene rings is 1. The molecule has 1 heterocycles. The minimum absolute atomic E-state index is 0.0173. The van der Waals surface area contributed by atoms with Crippen molar-refractivity contribution in [1.82, 2.24) is 0 Å². The molecular weight excluding hydrogens is 327 g/mol. The third-order valence-corrected chi connectivity index (χ3v) is 5.02. The van der Waals surface area contributed by atoms with Crippen molar-refractivity contribution in [2.45, 2.75) is 13.0 Å². The van der Waals surface area contributed by atoms with E-state index in [-0.39, 0.29) is 11.9 Å². The van der Waals surface area contributed by atoms with Crippen molar-refractivity contribution in [2.24, 2.45) is 5.73 Å². The first-order valence-electron chi connectivity index (χ1n) is 6.13. The van der Waals surface area contributed by atoms with Crippen LogP contribution in [0.3, 0.4) is 0 Å². The smallest absolute Gasteiger partial charge is 0.146 e. The van der Waals surface area contributed by atoms with E-state index in [1.807, 2.05) is 29.3 Å². The number of para-hydroxylation sites is 1. The van der Waals surface area contributed by atoms with Crippen molar-refractivity contribution >= 4 is 33.0 Å². The van der Waals surface area contributed by atoms with Crippen LogP contribution in [-0.4, -0.2) is 13.1 Å². The number of nitrogens with zero attached hydrogens (tertiary/aromatic N) is 1. The van der Waals surface area contributed by atoms with Crippen molar-refractivity contribution < 1.29 is 4.39 Å². The molecule has 0 amide bonds. The summed E-state index contributed by atoms with van der Waals surface area (Å²) in [5.41, 5.74) is 6.52. The van der Waals surface area contributed by atoms with Gasteiger partial charge in [-0.15, -0.1) is 11.3 Å². The molecule has 0 aliphatic heterocycles. The molecule has 0 spiro atoms. The lowest BCUT2D eigenvalue weighted by molar-refractivity contribution is 0.591. The monoisotopic (exact) mass is 342 g/mol. The molecule has 1 aromatic carbocycles. The molecule has 1 aromatic heterocycles. The maximum Gasteiger partial charge on any atom is 0.146 e. The Morgan fingerprint density at radius 2 is 2.11 bits per heavy atom. The minimum atomic E-state index is -0.213. The van der Waals surface area contributed by atoms with Crippen LogP contribution in [0.2, 0.25) is 0 Å². The Morgan fingerprint density at radius 3 is 2.63 bits per heavy atom. The van der Waals surface area contributed by atoms with Crippen LogP contribution in [0, 0.1) is 5.82 Å². The zero-order chi connectivity index (χ0) is 13.8. The Hall–Kier alpha value is -0.910. The normalized spacial score (nSPS) is 12.4. The molecule has 0 radical (unpaired) electrons. The third kappa shape index (κ3) is 2.99. The van der Waals surface area contributed by atoms with Crippen molar-refractivity contribution in [3.8, 4) is 0 Å². The predicted molar refractivity (Wildman–Crippen MR) is 83.2 cm³/mol. The van der Waals surface area contributed by atoms with E-state index in [2.05, 4.69) is 15.9 Å². The zero-order valence-corrected chi connectivity index (χ0v) is 13.0. The zero-order valence-electron chi connectivity index (χ0n) is 10.6. The van der Waals surface area contributed by atoms with Gasteiger partial charge >= 0.3 is 0 Å². The Kier molecular flexibility index (Phi) is 4.96. The van der Waals surface area contributed by atoms with Crippen molar-refractivity contribution in [3.63, 3.8) is 0 Å². The van der Waals surface area contributed by atoms with E-state index in [0.29, 0.717) is 18.8 Å². The second kappa shape index (κ2) is 6.50. The summed E-state index contributed by atoms with van der Waals surface area (Å²) < 4.78 is 15.0. The Morgan fingerprint density at radius 1 is 1.37 bits per heavy atom. The average Bonchev–Trinajstić information content (AvgIpc) is 2.83. The maximum absolute atomic E-state index is 14.0. The molecule has 1 unspecified atom stereocenters. The highest BCUT2D eigenvalue weighted by molar-refractivity contribution is 9.10. The van der Waals surface area contributed by atoms with E-state index >= 15 is 0 Å². The van der Waals surface area contributed by atoms with Gasteiger partial charge in [0.25, 0.3) is 0 Å². The molecule has 2 aromatic rings. The fourth-order valence-corrected chi connectivity index (χ4v) is 3.93. The van der Waals surface area contributed by atoms with E-state index in [1.54, 1.807) is 23.5 Å². The lowest BCUT2D eigenvalue weighted by atomic mass is 10.1. The lowest BCUT2D eigenvalue weighted by Crippen LogP contribution is -2.34. The SMILES string of the molecule is CCN(c1ccccc1F)C(CN)c1sccc1Br. The van der Waals surface area contributed by atoms with Crippen LogP contribution in [-0.2, 0) is 0 Å². The van der Waals surface area contributed by atoms with Gasteiger partial charge in [0.1, 0.15) is 5.82 Å². The van der Waals surface area contributed by atoms with Crippen LogP contribution >= 0.6 is 27.3 Å². The molecule has 19 heavy (non-hydrogen) atoms. The third-order valence-electron chi connectivity index (χ3n) is 3.05. The second-order valence-electron chi connectivity index (χ2n) is 4.12. The van der Waals surface area contributed by atoms with Gasteiger partial charge in [0, 0.05) is 22.4 Å². The molecule has 0 aliphatic carbocycles. The summed E-state index contributed by atoms with van der Waals surface area (Å²) in [4.78, 5) is 3.14. The molecule has 0 bridgehead atoms. The van der Waals surface area contributed by atoms with Gasteiger partial charge in [0.2, 0.25) is 0 Å². The minimum Gasteiger partial charge on any atom is -0.360 e. The highest BCUT2D eigenvalue weighted by atomic mass is 79.9. The number of thiophene rings is 1. The lowest BCUT2D eigenvalue weighted by Gasteiger charge is -2.32. The number of halogens is 2. The second-order valence-corrected chi connectivity index (χ2v) is 5.92. The standard InChI is InChI=1S/C14H16BrFN2S/c1-2-18(12-6-4-3-5-11(12)16)13(9-17)14-10(15)7-8-19-14/h3-8,13H,2,9,17H2,1H3. The highest BCUT2D eigenvalue weighted by Gasteiger charge is 2.23. The Bertz CT molecular complexity index is 544. The first kappa shape index (κ1) is 14.5. The van der Waals surface area contributed by atoms with Gasteiger partial charge in [-0.25, -0.2) is 4.39 Å². The van der Waals surface area contributed by atoms with E-state index < -0.39 is 0 Å². The molecule has 2 rings (SSSR count). The van der Waals surface area contributed by atoms with Crippen LogP contribution < -0.4 is 10.6 Å². The van der Waals surface area contributed by atoms with Gasteiger partial charge in [-0.3, -0.25) is 0 Å². The number of rotatable bonds is 5. The van der Waals surface area contributed by atoms with Crippen LogP contribution in [0.1, 0.15) is 17.8 Å². The summed E-state index contributed by atoms with van der Waals surface area (Å²) in [6, 6.07) is 8.80. The molecule has 2 N–H and O–H groups in total. The fraction of sp³-hybridized carbons (Fsp3) is 0.286. The fourth-order valence-electron chi connectivity index (χ4n) is 2.16. The summed E-state index contributed by atoms with van der Waals surface area (Å²) in [5.74, 6) is -0.213. The first-order chi connectivity index (χ1) is 9.19. The van der Waals surface area contributed by atoms with Crippen molar-refractivity contribution in [2.75, 3.05) is 18.0 Å². The van der Waals surface area contributed by atoms with Gasteiger partial charge in [-0.1, -0.05) is 12.1 Å². The van der Waals surface area contributed by atoms with Gasteiger partial charge in [-0.05, 0) is 46.4 Å². The van der Waals surface area contributed by atoms with Crippen LogP contribution in [0.15, 0.2) is 40.2 Å². The molecule has 0 saturated heterocycles. The van der Waals surface area contributed by atoms with E-state index in [0.717, 1.165) is 9.35 Å². The van der Waals surface area contributed by atoms with Crippen molar-refractivity contribution in [3.05, 3.63) is 50.9 Å². The summed E-state index contributed by atoms with van der Waals surface area (Å²) in [5, 5.41) is 2.01.